The zero-order chi connectivity index (χ0) is 13.2. The van der Waals surface area contributed by atoms with Gasteiger partial charge in [-0.15, -0.1) is 0 Å². The van der Waals surface area contributed by atoms with Crippen LogP contribution in [0, 0.1) is 11.8 Å². The molecule has 105 valence electrons. The van der Waals surface area contributed by atoms with Gasteiger partial charge in [-0.25, -0.2) is 0 Å². The van der Waals surface area contributed by atoms with Crippen molar-refractivity contribution in [2.75, 3.05) is 0 Å². The minimum atomic E-state index is 0. The van der Waals surface area contributed by atoms with Crippen LogP contribution < -0.4 is 0 Å². The number of rotatable bonds is 0. The molecule has 0 saturated heterocycles. The molecule has 0 aromatic heterocycles. The van der Waals surface area contributed by atoms with E-state index >= 15 is 0 Å². The second-order valence-corrected chi connectivity index (χ2v) is 3.46. The number of hydrogen-bond acceptors (Lipinski definition) is 0. The van der Waals surface area contributed by atoms with Crippen LogP contribution >= 0.6 is 0 Å². The average Bonchev–Trinajstić information content (AvgIpc) is 2.12. The van der Waals surface area contributed by atoms with Gasteiger partial charge in [0.25, 0.3) is 0 Å². The molecule has 0 spiro atoms. The Morgan fingerprint density at radius 2 is 0.438 bits per heavy atom. The summed E-state index contributed by atoms with van der Waals surface area (Å²) in [6.45, 7) is 25.0. The van der Waals surface area contributed by atoms with Crippen molar-refractivity contribution in [1.82, 2.24) is 0 Å². The lowest BCUT2D eigenvalue weighted by Gasteiger charge is -1.79. The van der Waals surface area contributed by atoms with E-state index in [2.05, 4.69) is 41.5 Å². The van der Waals surface area contributed by atoms with Gasteiger partial charge in [0.1, 0.15) is 0 Å². The van der Waals surface area contributed by atoms with E-state index in [1.165, 1.54) is 0 Å². The molecule has 0 bridgehead atoms. The highest BCUT2D eigenvalue weighted by Crippen LogP contribution is 1.81. The highest BCUT2D eigenvalue weighted by atomic mass is 13.7. The van der Waals surface area contributed by atoms with Crippen LogP contribution in [0.5, 0.6) is 0 Å². The van der Waals surface area contributed by atoms with Gasteiger partial charge in [-0.1, -0.05) is 90.5 Å². The lowest BCUT2D eigenvalue weighted by atomic mass is 10.3. The van der Waals surface area contributed by atoms with Crippen LogP contribution in [0.4, 0.5) is 0 Å². The van der Waals surface area contributed by atoms with E-state index in [1.807, 2.05) is 41.5 Å². The lowest BCUT2D eigenvalue weighted by molar-refractivity contribution is 0.736. The highest BCUT2D eigenvalue weighted by Gasteiger charge is 1.68. The Kier molecular flexibility index (Phi) is 225. The van der Waals surface area contributed by atoms with Gasteiger partial charge >= 0.3 is 0 Å². The molecule has 0 heterocycles. The third kappa shape index (κ3) is 569000. The number of hydrogen-bond donors (Lipinski definition) is 0. The Bertz CT molecular complexity index is 20.9. The molecule has 0 saturated carbocycles. The van der Waals surface area contributed by atoms with Crippen LogP contribution in [0.25, 0.3) is 0 Å². The van der Waals surface area contributed by atoms with Gasteiger partial charge in [0.2, 0.25) is 0 Å². The maximum Gasteiger partial charge on any atom is 0 e. The summed E-state index contributed by atoms with van der Waals surface area (Å²) in [5.41, 5.74) is 0. The van der Waals surface area contributed by atoms with Crippen LogP contribution in [-0.4, -0.2) is 8.41 Å². The summed E-state index contributed by atoms with van der Waals surface area (Å²) in [6, 6.07) is 0. The Morgan fingerprint density at radius 3 is 0.438 bits per heavy atom. The Balaban J connectivity index is -0.0000000129. The fourth-order valence-electron chi connectivity index (χ4n) is 0. The van der Waals surface area contributed by atoms with Gasteiger partial charge in [0.05, 0.1) is 0 Å². The van der Waals surface area contributed by atoms with Crippen molar-refractivity contribution in [3.8, 4) is 0 Å². The first-order chi connectivity index (χ1) is 6.46. The monoisotopic (exact) mass is 233 g/mol. The van der Waals surface area contributed by atoms with Gasteiger partial charge in [-0.3, -0.25) is 0 Å². The Morgan fingerprint density at radius 1 is 0.438 bits per heavy atom. The third-order valence-corrected chi connectivity index (χ3v) is 0. The SMILES string of the molecule is C.CC.CC.CC.CC(C)C.CC(C)C.[B]. The summed E-state index contributed by atoms with van der Waals surface area (Å²) in [5.74, 6) is 1.67. The molecule has 0 aliphatic rings. The molecule has 0 aromatic carbocycles. The first kappa shape index (κ1) is 44.4. The van der Waals surface area contributed by atoms with E-state index in [1.54, 1.807) is 0 Å². The van der Waals surface area contributed by atoms with Crippen LogP contribution in [0.2, 0.25) is 0 Å². The van der Waals surface area contributed by atoms with Gasteiger partial charge in [0, 0.05) is 8.41 Å². The predicted molar refractivity (Wildman–Crippen MR) is 87.6 cm³/mol. The average molecular weight is 233 g/mol. The molecule has 16 heavy (non-hydrogen) atoms. The lowest BCUT2D eigenvalue weighted by Crippen LogP contribution is -1.66. The van der Waals surface area contributed by atoms with E-state index in [4.69, 9.17) is 0 Å². The molecular weight excluding hydrogens is 191 g/mol. The zero-order valence-electron chi connectivity index (χ0n) is 13.7. The largest absolute Gasteiger partial charge is 0.0776 e. The van der Waals surface area contributed by atoms with Gasteiger partial charge < -0.3 is 0 Å². The topological polar surface area (TPSA) is 0 Å². The summed E-state index contributed by atoms with van der Waals surface area (Å²) in [4.78, 5) is 0. The van der Waals surface area contributed by atoms with Crippen molar-refractivity contribution in [2.45, 2.75) is 90.5 Å². The Labute approximate surface area is 111 Å². The first-order valence-corrected chi connectivity index (χ1v) is 6.46. The first-order valence-electron chi connectivity index (χ1n) is 6.46. The molecule has 0 N–H and O–H groups in total. The molecule has 0 rings (SSSR count). The van der Waals surface area contributed by atoms with Gasteiger partial charge in [-0.05, 0) is 11.8 Å². The third-order valence-electron chi connectivity index (χ3n) is 0. The smallest absolute Gasteiger partial charge is 0 e. The van der Waals surface area contributed by atoms with Crippen molar-refractivity contribution in [2.24, 2.45) is 11.8 Å². The molecule has 0 aliphatic heterocycles. The molecule has 1 heteroatoms. The standard InChI is InChI=1S/2C4H10.3C2H6.CH4.B/c2*1-4(2)3;3*1-2;;/h2*4H,1-3H3;3*1-2H3;1H4;. The van der Waals surface area contributed by atoms with E-state index in [-0.39, 0.29) is 15.8 Å². The van der Waals surface area contributed by atoms with Crippen LogP contribution in [0.3, 0.4) is 0 Å². The molecule has 0 aromatic rings. The summed E-state index contributed by atoms with van der Waals surface area (Å²) in [7, 11) is 0. The second-order valence-electron chi connectivity index (χ2n) is 3.46. The predicted octanol–water partition coefficient (Wildman–Crippen LogP) is 6.66. The minimum Gasteiger partial charge on any atom is -0.0776 e. The fourth-order valence-corrected chi connectivity index (χ4v) is 0. The molecule has 0 nitrogen and oxygen atoms in total. The normalized spacial score (nSPS) is 5.62. The van der Waals surface area contributed by atoms with E-state index in [9.17, 15) is 0 Å². The molecule has 3 radical (unpaired) electrons. The van der Waals surface area contributed by atoms with Crippen molar-refractivity contribution < 1.29 is 0 Å². The molecule has 0 fully saturated rings. The second kappa shape index (κ2) is 81.0. The van der Waals surface area contributed by atoms with Gasteiger partial charge in [0.15, 0.2) is 0 Å². The minimum absolute atomic E-state index is 0. The van der Waals surface area contributed by atoms with E-state index < -0.39 is 0 Å². The van der Waals surface area contributed by atoms with E-state index in [0.717, 1.165) is 11.8 Å². The molecule has 0 atom stereocenters. The van der Waals surface area contributed by atoms with Crippen LogP contribution in [0.1, 0.15) is 90.5 Å². The van der Waals surface area contributed by atoms with Crippen molar-refractivity contribution in [3.05, 3.63) is 0 Å². The van der Waals surface area contributed by atoms with Crippen molar-refractivity contribution in [1.29, 1.82) is 0 Å². The fraction of sp³-hybridized carbons (Fsp3) is 1.00. The molecule has 0 amide bonds. The molecule has 0 aliphatic carbocycles. The summed E-state index contributed by atoms with van der Waals surface area (Å²) in [6.07, 6.45) is 0. The van der Waals surface area contributed by atoms with Crippen LogP contribution in [-0.2, 0) is 0 Å². The summed E-state index contributed by atoms with van der Waals surface area (Å²) < 4.78 is 0. The Hall–Kier alpha value is 0.0649. The maximum absolute atomic E-state index is 2.17. The van der Waals surface area contributed by atoms with Crippen LogP contribution in [0.15, 0.2) is 0 Å². The summed E-state index contributed by atoms with van der Waals surface area (Å²) in [5, 5.41) is 0. The molecular formula is C15H42B. The van der Waals surface area contributed by atoms with Crippen molar-refractivity contribution >= 4 is 8.41 Å². The molecule has 0 unspecified atom stereocenters. The highest BCUT2D eigenvalue weighted by molar-refractivity contribution is 5.75. The zero-order valence-corrected chi connectivity index (χ0v) is 13.7. The quantitative estimate of drug-likeness (QED) is 0.410. The van der Waals surface area contributed by atoms with Gasteiger partial charge in [-0.2, -0.15) is 0 Å². The summed E-state index contributed by atoms with van der Waals surface area (Å²) >= 11 is 0. The maximum atomic E-state index is 2.17. The van der Waals surface area contributed by atoms with E-state index in [0.29, 0.717) is 0 Å². The van der Waals surface area contributed by atoms with Crippen molar-refractivity contribution in [3.63, 3.8) is 0 Å².